The summed E-state index contributed by atoms with van der Waals surface area (Å²) in [6.45, 7) is 10.2. The molecule has 5 nitrogen and oxygen atoms in total. The minimum Gasteiger partial charge on any atom is -0.494 e. The zero-order valence-corrected chi connectivity index (χ0v) is 20.8. The van der Waals surface area contributed by atoms with E-state index in [1.165, 1.54) is 16.7 Å². The molecule has 0 aliphatic carbocycles. The quantitative estimate of drug-likeness (QED) is 0.463. The summed E-state index contributed by atoms with van der Waals surface area (Å²) in [4.78, 5) is 22.1. The number of benzene rings is 2. The number of rotatable bonds is 8. The van der Waals surface area contributed by atoms with Crippen LogP contribution in [0.3, 0.4) is 0 Å². The second kappa shape index (κ2) is 10.9. The zero-order chi connectivity index (χ0) is 21.8. The first-order valence-corrected chi connectivity index (χ1v) is 11.1. The van der Waals surface area contributed by atoms with Crippen molar-refractivity contribution in [2.24, 2.45) is 0 Å². The van der Waals surface area contributed by atoms with E-state index in [0.29, 0.717) is 19.6 Å². The number of fused-ring (bicyclic) bond motifs is 1. The Hall–Kier alpha value is -2.15. The molecule has 1 amide bonds. The van der Waals surface area contributed by atoms with Crippen LogP contribution in [0.1, 0.15) is 29.2 Å². The van der Waals surface area contributed by atoms with Gasteiger partial charge in [-0.05, 0) is 76.7 Å². The molecule has 0 bridgehead atoms. The van der Waals surface area contributed by atoms with Crippen LogP contribution in [0.4, 0.5) is 5.13 Å². The molecule has 2 aromatic carbocycles. The molecule has 1 heterocycles. The van der Waals surface area contributed by atoms with Crippen molar-refractivity contribution in [2.75, 3.05) is 38.7 Å². The maximum absolute atomic E-state index is 13.4. The number of thiazole rings is 1. The molecule has 0 radical (unpaired) electrons. The number of ether oxygens (including phenoxy) is 1. The van der Waals surface area contributed by atoms with Crippen LogP contribution in [0.2, 0.25) is 0 Å². The number of amides is 1. The molecule has 0 aliphatic heterocycles. The Bertz CT molecular complexity index is 1030. The fraction of sp³-hybridized carbons (Fsp3) is 0.417. The first-order chi connectivity index (χ1) is 14.3. The second-order valence-electron chi connectivity index (χ2n) is 7.96. The molecule has 0 spiro atoms. The SMILES string of the molecule is CCOc1ccc2nc(N(CCN(C)C)C(=O)Cc3c(C)cc(C)cc3C)sc2c1.Cl. The van der Waals surface area contributed by atoms with Gasteiger partial charge >= 0.3 is 0 Å². The van der Waals surface area contributed by atoms with Crippen molar-refractivity contribution in [1.29, 1.82) is 0 Å². The number of halogens is 1. The molecule has 1 aromatic heterocycles. The van der Waals surface area contributed by atoms with E-state index >= 15 is 0 Å². The fourth-order valence-electron chi connectivity index (χ4n) is 3.63. The van der Waals surface area contributed by atoms with Crippen molar-refractivity contribution in [3.05, 3.63) is 52.6 Å². The Morgan fingerprint density at radius 3 is 2.35 bits per heavy atom. The number of hydrogen-bond donors (Lipinski definition) is 0. The number of nitrogens with zero attached hydrogens (tertiary/aromatic N) is 3. The van der Waals surface area contributed by atoms with Crippen molar-refractivity contribution in [3.8, 4) is 5.75 Å². The summed E-state index contributed by atoms with van der Waals surface area (Å²) in [5, 5.41) is 0.743. The highest BCUT2D eigenvalue weighted by Gasteiger charge is 2.22. The lowest BCUT2D eigenvalue weighted by Crippen LogP contribution is -2.37. The van der Waals surface area contributed by atoms with Crippen LogP contribution in [0.15, 0.2) is 30.3 Å². The average molecular weight is 462 g/mol. The number of carbonyl (C=O) groups excluding carboxylic acids is 1. The number of hydrogen-bond acceptors (Lipinski definition) is 5. The van der Waals surface area contributed by atoms with Crippen molar-refractivity contribution < 1.29 is 9.53 Å². The molecule has 0 saturated heterocycles. The van der Waals surface area contributed by atoms with Crippen LogP contribution in [0.5, 0.6) is 5.75 Å². The molecule has 0 fully saturated rings. The molecule has 0 aliphatic rings. The van der Waals surface area contributed by atoms with Gasteiger partial charge in [0.05, 0.1) is 23.2 Å². The molecule has 0 saturated carbocycles. The van der Waals surface area contributed by atoms with Gasteiger partial charge in [0, 0.05) is 13.1 Å². The lowest BCUT2D eigenvalue weighted by Gasteiger charge is -2.23. The van der Waals surface area contributed by atoms with Gasteiger partial charge in [0.2, 0.25) is 5.91 Å². The number of aryl methyl sites for hydroxylation is 3. The number of likely N-dealkylation sites (N-methyl/N-ethyl adjacent to an activating group) is 1. The topological polar surface area (TPSA) is 45.7 Å². The maximum Gasteiger partial charge on any atom is 0.233 e. The van der Waals surface area contributed by atoms with Crippen molar-refractivity contribution in [2.45, 2.75) is 34.1 Å². The van der Waals surface area contributed by atoms with E-state index in [9.17, 15) is 4.79 Å². The largest absolute Gasteiger partial charge is 0.494 e. The van der Waals surface area contributed by atoms with E-state index in [-0.39, 0.29) is 18.3 Å². The van der Waals surface area contributed by atoms with Crippen LogP contribution in [0, 0.1) is 20.8 Å². The van der Waals surface area contributed by atoms with E-state index in [2.05, 4.69) is 37.8 Å². The van der Waals surface area contributed by atoms with Crippen molar-refractivity contribution in [3.63, 3.8) is 0 Å². The van der Waals surface area contributed by atoms with Gasteiger partial charge in [0.1, 0.15) is 5.75 Å². The second-order valence-corrected chi connectivity index (χ2v) is 8.97. The van der Waals surface area contributed by atoms with Crippen molar-refractivity contribution in [1.82, 2.24) is 9.88 Å². The standard InChI is InChI=1S/C24H31N3O2S.ClH/c1-7-29-19-8-9-21-22(14-19)30-24(25-21)27(11-10-26(5)6)23(28)15-20-17(3)12-16(2)13-18(20)4;/h8-9,12-14H,7,10-11,15H2,1-6H3;1H. The Morgan fingerprint density at radius 2 is 1.74 bits per heavy atom. The zero-order valence-electron chi connectivity index (χ0n) is 19.2. The van der Waals surface area contributed by atoms with Gasteiger partial charge in [-0.3, -0.25) is 9.69 Å². The summed E-state index contributed by atoms with van der Waals surface area (Å²) in [7, 11) is 4.03. The lowest BCUT2D eigenvalue weighted by atomic mass is 9.97. The summed E-state index contributed by atoms with van der Waals surface area (Å²) in [6.07, 6.45) is 0.380. The maximum atomic E-state index is 13.4. The number of carbonyl (C=O) groups is 1. The van der Waals surface area contributed by atoms with E-state index in [0.717, 1.165) is 33.2 Å². The monoisotopic (exact) mass is 461 g/mol. The third-order valence-electron chi connectivity index (χ3n) is 5.13. The normalized spacial score (nSPS) is 10.9. The van der Waals surface area contributed by atoms with Gasteiger partial charge < -0.3 is 9.64 Å². The average Bonchev–Trinajstić information content (AvgIpc) is 3.07. The highest BCUT2D eigenvalue weighted by molar-refractivity contribution is 7.22. The van der Waals surface area contributed by atoms with Crippen molar-refractivity contribution >= 4 is 45.0 Å². The molecular weight excluding hydrogens is 430 g/mol. The van der Waals surface area contributed by atoms with Crippen LogP contribution >= 0.6 is 23.7 Å². The predicted molar refractivity (Wildman–Crippen MR) is 133 cm³/mol. The third kappa shape index (κ3) is 6.19. The van der Waals surface area contributed by atoms with Gasteiger partial charge in [0.25, 0.3) is 0 Å². The summed E-state index contributed by atoms with van der Waals surface area (Å²) >= 11 is 1.54. The Labute approximate surface area is 195 Å². The van der Waals surface area contributed by atoms with Crippen LogP contribution in [-0.2, 0) is 11.2 Å². The van der Waals surface area contributed by atoms with Gasteiger partial charge in [-0.15, -0.1) is 12.4 Å². The number of aromatic nitrogens is 1. The molecule has 7 heteroatoms. The van der Waals surface area contributed by atoms with Gasteiger partial charge in [0.15, 0.2) is 5.13 Å². The van der Waals surface area contributed by atoms with E-state index in [4.69, 9.17) is 9.72 Å². The summed E-state index contributed by atoms with van der Waals surface area (Å²) < 4.78 is 6.65. The molecule has 168 valence electrons. The third-order valence-corrected chi connectivity index (χ3v) is 6.17. The minimum absolute atomic E-state index is 0. The molecule has 3 rings (SSSR count). The molecule has 0 N–H and O–H groups in total. The fourth-order valence-corrected chi connectivity index (χ4v) is 4.66. The Morgan fingerprint density at radius 1 is 1.06 bits per heavy atom. The van der Waals surface area contributed by atoms with Gasteiger partial charge in [-0.2, -0.15) is 0 Å². The Balaban J connectivity index is 0.00000341. The van der Waals surface area contributed by atoms with Gasteiger partial charge in [-0.25, -0.2) is 4.98 Å². The highest BCUT2D eigenvalue weighted by Crippen LogP contribution is 2.32. The smallest absolute Gasteiger partial charge is 0.233 e. The van der Waals surface area contributed by atoms with Crippen LogP contribution in [-0.4, -0.2) is 49.6 Å². The predicted octanol–water partition coefficient (Wildman–Crippen LogP) is 5.18. The Kier molecular flexibility index (Phi) is 8.86. The van der Waals surface area contributed by atoms with E-state index in [1.54, 1.807) is 11.3 Å². The minimum atomic E-state index is 0. The summed E-state index contributed by atoms with van der Waals surface area (Å²) in [5.74, 6) is 0.910. The van der Waals surface area contributed by atoms with Crippen LogP contribution < -0.4 is 9.64 Å². The number of anilines is 1. The molecule has 31 heavy (non-hydrogen) atoms. The summed E-state index contributed by atoms with van der Waals surface area (Å²) in [5.41, 5.74) is 5.56. The van der Waals surface area contributed by atoms with E-state index < -0.39 is 0 Å². The van der Waals surface area contributed by atoms with Gasteiger partial charge in [-0.1, -0.05) is 29.0 Å². The molecule has 0 unspecified atom stereocenters. The first-order valence-electron chi connectivity index (χ1n) is 10.3. The molecule has 3 aromatic rings. The van der Waals surface area contributed by atoms with Crippen LogP contribution in [0.25, 0.3) is 10.2 Å². The molecule has 0 atom stereocenters. The molecular formula is C24H32ClN3O2S. The van der Waals surface area contributed by atoms with E-state index in [1.807, 2.05) is 44.1 Å². The first kappa shape index (κ1) is 25.1. The lowest BCUT2D eigenvalue weighted by molar-refractivity contribution is -0.118. The summed E-state index contributed by atoms with van der Waals surface area (Å²) in [6, 6.07) is 10.2. The highest BCUT2D eigenvalue weighted by atomic mass is 35.5.